The second kappa shape index (κ2) is 9.83. The topological polar surface area (TPSA) is 72.5 Å². The number of hydrogen-bond donors (Lipinski definition) is 1. The van der Waals surface area contributed by atoms with Gasteiger partial charge in [-0.3, -0.25) is 14.4 Å². The van der Waals surface area contributed by atoms with Gasteiger partial charge in [-0.1, -0.05) is 32.5 Å². The normalized spacial score (nSPS) is 13.5. The van der Waals surface area contributed by atoms with E-state index in [1.54, 1.807) is 6.92 Å². The Morgan fingerprint density at radius 1 is 1.21 bits per heavy atom. The molecule has 2 atom stereocenters. The van der Waals surface area contributed by atoms with Gasteiger partial charge in [-0.25, -0.2) is 0 Å². The molecule has 2 unspecified atom stereocenters. The van der Waals surface area contributed by atoms with Crippen molar-refractivity contribution in [3.63, 3.8) is 0 Å². The summed E-state index contributed by atoms with van der Waals surface area (Å²) in [6, 6.07) is 0. The van der Waals surface area contributed by atoms with E-state index in [1.165, 1.54) is 0 Å². The monoisotopic (exact) mass is 289 g/mol. The molecular weight excluding hydrogens is 266 g/mol. The van der Waals surface area contributed by atoms with Gasteiger partial charge in [0.1, 0.15) is 6.42 Å². The Morgan fingerprint density at radius 3 is 2.37 bits per heavy atom. The number of nitrogens with one attached hydrogen (secondary N) is 1. The molecule has 0 aliphatic carbocycles. The number of hydrogen-bond acceptors (Lipinski definition) is 5. The zero-order valence-corrected chi connectivity index (χ0v) is 12.8. The van der Waals surface area contributed by atoms with E-state index in [1.807, 2.05) is 20.8 Å². The van der Waals surface area contributed by atoms with E-state index < -0.39 is 5.97 Å². The van der Waals surface area contributed by atoms with Crippen molar-refractivity contribution in [3.8, 4) is 0 Å². The predicted molar refractivity (Wildman–Crippen MR) is 75.8 cm³/mol. The second-order valence-electron chi connectivity index (χ2n) is 4.34. The Morgan fingerprint density at radius 2 is 1.84 bits per heavy atom. The number of thioether (sulfide) groups is 1. The Labute approximate surface area is 118 Å². The van der Waals surface area contributed by atoms with Crippen molar-refractivity contribution in [1.29, 1.82) is 0 Å². The molecule has 1 amide bonds. The van der Waals surface area contributed by atoms with E-state index in [4.69, 9.17) is 4.74 Å². The quantitative estimate of drug-likeness (QED) is 0.544. The maximum Gasteiger partial charge on any atom is 0.314 e. The maximum absolute atomic E-state index is 11.5. The molecule has 0 saturated carbocycles. The van der Waals surface area contributed by atoms with Crippen LogP contribution in [0, 0.1) is 5.92 Å². The van der Waals surface area contributed by atoms with E-state index in [0.29, 0.717) is 6.54 Å². The van der Waals surface area contributed by atoms with Crippen molar-refractivity contribution in [2.45, 2.75) is 45.8 Å². The highest BCUT2D eigenvalue weighted by atomic mass is 32.2. The second-order valence-corrected chi connectivity index (χ2v) is 5.83. The van der Waals surface area contributed by atoms with Crippen molar-refractivity contribution in [2.24, 2.45) is 5.92 Å². The number of rotatable bonds is 8. The van der Waals surface area contributed by atoms with Crippen LogP contribution in [0.2, 0.25) is 0 Å². The molecule has 0 aromatic rings. The van der Waals surface area contributed by atoms with Gasteiger partial charge in [0.05, 0.1) is 6.61 Å². The van der Waals surface area contributed by atoms with E-state index in [2.05, 4.69) is 5.32 Å². The highest BCUT2D eigenvalue weighted by Crippen LogP contribution is 2.13. The van der Waals surface area contributed by atoms with Gasteiger partial charge in [0, 0.05) is 17.7 Å². The molecule has 0 bridgehead atoms. The smallest absolute Gasteiger partial charge is 0.314 e. The predicted octanol–water partition coefficient (Wildman–Crippen LogP) is 1.75. The molecule has 0 aliphatic heterocycles. The number of ether oxygens (including phenoxy) is 1. The fourth-order valence-corrected chi connectivity index (χ4v) is 2.06. The summed E-state index contributed by atoms with van der Waals surface area (Å²) < 4.78 is 4.70. The highest BCUT2D eigenvalue weighted by Gasteiger charge is 2.16. The van der Waals surface area contributed by atoms with Crippen LogP contribution in [-0.4, -0.2) is 35.4 Å². The molecule has 110 valence electrons. The third kappa shape index (κ3) is 8.64. The zero-order chi connectivity index (χ0) is 14.8. The highest BCUT2D eigenvalue weighted by molar-refractivity contribution is 8.14. The van der Waals surface area contributed by atoms with Gasteiger partial charge < -0.3 is 10.1 Å². The largest absolute Gasteiger partial charge is 0.466 e. The Bertz CT molecular complexity index is 320. The van der Waals surface area contributed by atoms with Crippen molar-refractivity contribution in [3.05, 3.63) is 0 Å². The number of amides is 1. The first-order valence-corrected chi connectivity index (χ1v) is 7.41. The Balaban J connectivity index is 3.91. The van der Waals surface area contributed by atoms with Crippen LogP contribution in [0.5, 0.6) is 0 Å². The lowest BCUT2D eigenvalue weighted by Crippen LogP contribution is -2.33. The Kier molecular flexibility index (Phi) is 9.30. The third-order valence-electron chi connectivity index (χ3n) is 2.55. The van der Waals surface area contributed by atoms with Crippen LogP contribution in [0.1, 0.15) is 40.5 Å². The van der Waals surface area contributed by atoms with Gasteiger partial charge in [-0.05, 0) is 13.3 Å². The average Bonchev–Trinajstić information content (AvgIpc) is 2.34. The molecule has 0 saturated heterocycles. The minimum atomic E-state index is -0.504. The maximum atomic E-state index is 11.5. The first-order valence-electron chi connectivity index (χ1n) is 6.53. The number of carbonyl (C=O) groups is 3. The molecule has 1 N–H and O–H groups in total. The molecule has 0 radical (unpaired) electrons. The summed E-state index contributed by atoms with van der Waals surface area (Å²) in [5, 5.41) is 2.50. The van der Waals surface area contributed by atoms with E-state index in [9.17, 15) is 14.4 Å². The van der Waals surface area contributed by atoms with Crippen LogP contribution in [0.3, 0.4) is 0 Å². The Hall–Kier alpha value is -1.04. The summed E-state index contributed by atoms with van der Waals surface area (Å²) in [6.45, 7) is 8.04. The first-order chi connectivity index (χ1) is 8.90. The van der Waals surface area contributed by atoms with Crippen LogP contribution in [-0.2, 0) is 19.1 Å². The first kappa shape index (κ1) is 18.0. The summed E-state index contributed by atoms with van der Waals surface area (Å²) >= 11 is 1.06. The van der Waals surface area contributed by atoms with Crippen molar-refractivity contribution < 1.29 is 19.1 Å². The molecule has 19 heavy (non-hydrogen) atoms. The molecular formula is C13H23NO4S. The van der Waals surface area contributed by atoms with Gasteiger partial charge in [-0.2, -0.15) is 0 Å². The van der Waals surface area contributed by atoms with Crippen molar-refractivity contribution >= 4 is 28.8 Å². The van der Waals surface area contributed by atoms with Gasteiger partial charge in [0.2, 0.25) is 5.91 Å². The van der Waals surface area contributed by atoms with E-state index >= 15 is 0 Å². The van der Waals surface area contributed by atoms with Crippen molar-refractivity contribution in [1.82, 2.24) is 5.32 Å². The SMILES string of the molecule is CCOC(=O)CC(=O)SC(C)CNC(=O)C(C)CC. The molecule has 0 heterocycles. The zero-order valence-electron chi connectivity index (χ0n) is 12.0. The number of carbonyl (C=O) groups excluding carboxylic acids is 3. The van der Waals surface area contributed by atoms with E-state index in [-0.39, 0.29) is 35.2 Å². The molecule has 0 aromatic heterocycles. The summed E-state index contributed by atoms with van der Waals surface area (Å²) in [5.41, 5.74) is 0. The van der Waals surface area contributed by atoms with Crippen LogP contribution in [0.15, 0.2) is 0 Å². The molecule has 0 fully saturated rings. The molecule has 6 heteroatoms. The van der Waals surface area contributed by atoms with Gasteiger partial charge in [0.15, 0.2) is 5.12 Å². The summed E-state index contributed by atoms with van der Waals surface area (Å²) in [6.07, 6.45) is 0.567. The fourth-order valence-electron chi connectivity index (χ4n) is 1.24. The standard InChI is InChI=1S/C13H23NO4S/c1-5-9(3)13(17)14-8-10(4)19-12(16)7-11(15)18-6-2/h9-10H,5-8H2,1-4H3,(H,14,17). The van der Waals surface area contributed by atoms with Gasteiger partial charge in [-0.15, -0.1) is 0 Å². The molecule has 5 nitrogen and oxygen atoms in total. The minimum absolute atomic E-state index is 0.00667. The lowest BCUT2D eigenvalue weighted by atomic mass is 10.1. The summed E-state index contributed by atoms with van der Waals surface area (Å²) in [7, 11) is 0. The summed E-state index contributed by atoms with van der Waals surface area (Å²) in [5.74, 6) is -0.531. The van der Waals surface area contributed by atoms with Crippen molar-refractivity contribution in [2.75, 3.05) is 13.2 Å². The molecule has 0 aliphatic rings. The lowest BCUT2D eigenvalue weighted by molar-refractivity contribution is -0.144. The van der Waals surface area contributed by atoms with E-state index in [0.717, 1.165) is 18.2 Å². The number of esters is 1. The molecule has 0 aromatic carbocycles. The van der Waals surface area contributed by atoms with Crippen LogP contribution in [0.25, 0.3) is 0 Å². The average molecular weight is 289 g/mol. The fraction of sp³-hybridized carbons (Fsp3) is 0.769. The van der Waals surface area contributed by atoms with Crippen LogP contribution < -0.4 is 5.32 Å². The molecule has 0 rings (SSSR count). The van der Waals surface area contributed by atoms with Gasteiger partial charge in [0.25, 0.3) is 0 Å². The molecule has 0 spiro atoms. The van der Waals surface area contributed by atoms with Gasteiger partial charge >= 0.3 is 5.97 Å². The minimum Gasteiger partial charge on any atom is -0.466 e. The lowest BCUT2D eigenvalue weighted by Gasteiger charge is -2.13. The summed E-state index contributed by atoms with van der Waals surface area (Å²) in [4.78, 5) is 34.2. The third-order valence-corrected chi connectivity index (χ3v) is 3.53. The van der Waals surface area contributed by atoms with Crippen LogP contribution >= 0.6 is 11.8 Å². The van der Waals surface area contributed by atoms with Crippen LogP contribution in [0.4, 0.5) is 0 Å².